The Labute approximate surface area is 139 Å². The predicted octanol–water partition coefficient (Wildman–Crippen LogP) is 2.14. The molecule has 2 aromatic rings. The van der Waals surface area contributed by atoms with Crippen molar-refractivity contribution in [3.05, 3.63) is 48.5 Å². The van der Waals surface area contributed by atoms with Gasteiger partial charge in [0.2, 0.25) is 0 Å². The molecule has 0 bridgehead atoms. The number of ether oxygens (including phenoxy) is 2. The van der Waals surface area contributed by atoms with Crippen LogP contribution in [0, 0.1) is 0 Å². The summed E-state index contributed by atoms with van der Waals surface area (Å²) in [5.74, 6) is 0.753. The second-order valence-corrected chi connectivity index (χ2v) is 8.53. The van der Waals surface area contributed by atoms with Crippen LogP contribution in [0.1, 0.15) is 0 Å². The summed E-state index contributed by atoms with van der Waals surface area (Å²) >= 11 is 0. The minimum Gasteiger partial charge on any atom is -0.467 e. The Balaban J connectivity index is 2.02. The largest absolute Gasteiger partial charge is 0.488 e. The van der Waals surface area contributed by atoms with Crippen molar-refractivity contribution in [3.8, 4) is 16.9 Å². The lowest BCUT2D eigenvalue weighted by atomic mass is 9.80. The lowest BCUT2D eigenvalue weighted by Crippen LogP contribution is -2.29. The van der Waals surface area contributed by atoms with E-state index in [9.17, 15) is 0 Å². The van der Waals surface area contributed by atoms with Gasteiger partial charge in [0.25, 0.3) is 0 Å². The molecule has 0 aliphatic carbocycles. The van der Waals surface area contributed by atoms with Gasteiger partial charge in [-0.2, -0.15) is 0 Å². The summed E-state index contributed by atoms with van der Waals surface area (Å²) in [6.07, 6.45) is 0. The van der Waals surface area contributed by atoms with Crippen molar-refractivity contribution >= 4 is 21.4 Å². The highest BCUT2D eigenvalue weighted by atomic mass is 28.3. The summed E-state index contributed by atoms with van der Waals surface area (Å²) in [7, 11) is -1.71. The summed E-state index contributed by atoms with van der Waals surface area (Å²) in [6.45, 7) is 5.49. The van der Waals surface area contributed by atoms with E-state index in [4.69, 9.17) is 19.5 Å². The normalized spacial score (nSPS) is 10.8. The molecule has 0 aliphatic rings. The van der Waals surface area contributed by atoms with E-state index in [1.807, 2.05) is 36.4 Å². The molecule has 2 N–H and O–H groups in total. The zero-order valence-corrected chi connectivity index (χ0v) is 14.5. The van der Waals surface area contributed by atoms with Gasteiger partial charge >= 0.3 is 7.12 Å². The van der Waals surface area contributed by atoms with Crippen LogP contribution in [-0.2, 0) is 4.74 Å². The predicted molar refractivity (Wildman–Crippen MR) is 95.4 cm³/mol. The van der Waals surface area contributed by atoms with Crippen molar-refractivity contribution < 1.29 is 19.5 Å². The first kappa shape index (κ1) is 17.8. The highest BCUT2D eigenvalue weighted by Gasteiger charge is 2.11. The Hall–Kier alpha value is -1.60. The first-order valence-corrected chi connectivity index (χ1v) is 10.3. The molecule has 0 saturated carbocycles. The maximum Gasteiger partial charge on any atom is 0.488 e. The van der Waals surface area contributed by atoms with Crippen LogP contribution in [0.3, 0.4) is 0 Å². The number of hydrogen-bond donors (Lipinski definition) is 2. The van der Waals surface area contributed by atoms with Crippen LogP contribution in [0.4, 0.5) is 0 Å². The van der Waals surface area contributed by atoms with E-state index in [0.29, 0.717) is 5.46 Å². The van der Waals surface area contributed by atoms with Gasteiger partial charge in [-0.05, 0) is 23.1 Å². The molecule has 0 spiro atoms. The fourth-order valence-electron chi connectivity index (χ4n) is 2.11. The summed E-state index contributed by atoms with van der Waals surface area (Å²) in [5.41, 5.74) is 2.37. The Morgan fingerprint density at radius 3 is 2.35 bits per heavy atom. The molecule has 6 heteroatoms. The molecule has 2 rings (SSSR count). The topological polar surface area (TPSA) is 58.9 Å². The number of rotatable bonds is 8. The SMILES string of the molecule is C[Si](C)CCOCOc1ccccc1-c1ccc(B(O)O)cc1. The molecule has 0 unspecified atom stereocenters. The van der Waals surface area contributed by atoms with Crippen molar-refractivity contribution in [1.29, 1.82) is 0 Å². The van der Waals surface area contributed by atoms with Gasteiger partial charge in [-0.1, -0.05) is 55.6 Å². The summed E-state index contributed by atoms with van der Waals surface area (Å²) in [5, 5.41) is 18.3. The Bertz CT molecular complexity index is 602. The molecule has 23 heavy (non-hydrogen) atoms. The van der Waals surface area contributed by atoms with Crippen LogP contribution in [0.5, 0.6) is 5.75 Å². The van der Waals surface area contributed by atoms with E-state index in [1.54, 1.807) is 12.1 Å². The lowest BCUT2D eigenvalue weighted by molar-refractivity contribution is 0.0226. The quantitative estimate of drug-likeness (QED) is 0.443. The third-order valence-corrected chi connectivity index (χ3v) is 4.66. The molecule has 2 aromatic carbocycles. The molecular weight excluding hydrogens is 307 g/mol. The van der Waals surface area contributed by atoms with Gasteiger partial charge in [0.1, 0.15) is 5.75 Å². The van der Waals surface area contributed by atoms with Crippen molar-refractivity contribution in [2.24, 2.45) is 0 Å². The van der Waals surface area contributed by atoms with Gasteiger partial charge in [-0.3, -0.25) is 0 Å². The van der Waals surface area contributed by atoms with Gasteiger partial charge in [-0.15, -0.1) is 0 Å². The zero-order chi connectivity index (χ0) is 16.7. The van der Waals surface area contributed by atoms with Crippen molar-refractivity contribution in [2.75, 3.05) is 13.4 Å². The number of para-hydroxylation sites is 1. The standard InChI is InChI=1S/C17H22BO4Si/c1-23(2)12-11-21-13-22-17-6-4-3-5-16(17)14-7-9-15(10-8-14)18(19)20/h3-10,19-20H,11-13H2,1-2H3. The smallest absolute Gasteiger partial charge is 0.467 e. The summed E-state index contributed by atoms with van der Waals surface area (Å²) < 4.78 is 11.3. The molecule has 0 fully saturated rings. The average Bonchev–Trinajstić information content (AvgIpc) is 2.55. The van der Waals surface area contributed by atoms with Crippen LogP contribution >= 0.6 is 0 Å². The van der Waals surface area contributed by atoms with Crippen LogP contribution in [0.25, 0.3) is 11.1 Å². The first-order valence-electron chi connectivity index (χ1n) is 7.63. The molecule has 0 heterocycles. The fraction of sp³-hybridized carbons (Fsp3) is 0.294. The number of benzene rings is 2. The van der Waals surface area contributed by atoms with Gasteiger partial charge in [0.05, 0.1) is 0 Å². The second kappa shape index (κ2) is 8.88. The minimum atomic E-state index is -1.45. The molecule has 0 amide bonds. The molecule has 0 aromatic heterocycles. The van der Waals surface area contributed by atoms with E-state index in [-0.39, 0.29) is 15.6 Å². The zero-order valence-electron chi connectivity index (χ0n) is 13.5. The van der Waals surface area contributed by atoms with Crippen LogP contribution in [0.2, 0.25) is 19.1 Å². The molecule has 121 valence electrons. The van der Waals surface area contributed by atoms with Crippen LogP contribution < -0.4 is 10.2 Å². The van der Waals surface area contributed by atoms with Crippen LogP contribution in [-0.4, -0.2) is 39.4 Å². The Kier molecular flexibility index (Phi) is 6.86. The van der Waals surface area contributed by atoms with Gasteiger partial charge in [0, 0.05) is 21.0 Å². The molecule has 1 radical (unpaired) electrons. The van der Waals surface area contributed by atoms with Crippen molar-refractivity contribution in [2.45, 2.75) is 19.1 Å². The highest BCUT2D eigenvalue weighted by Crippen LogP contribution is 2.29. The Morgan fingerprint density at radius 2 is 1.70 bits per heavy atom. The molecule has 0 saturated heterocycles. The second-order valence-electron chi connectivity index (χ2n) is 5.62. The van der Waals surface area contributed by atoms with Crippen LogP contribution in [0.15, 0.2) is 48.5 Å². The van der Waals surface area contributed by atoms with E-state index in [1.165, 1.54) is 0 Å². The maximum atomic E-state index is 9.16. The third-order valence-electron chi connectivity index (χ3n) is 3.45. The third kappa shape index (κ3) is 5.51. The Morgan fingerprint density at radius 1 is 1.00 bits per heavy atom. The molecule has 0 aliphatic heterocycles. The average molecular weight is 329 g/mol. The lowest BCUT2D eigenvalue weighted by Gasteiger charge is -2.12. The van der Waals surface area contributed by atoms with E-state index in [2.05, 4.69) is 13.1 Å². The minimum absolute atomic E-state index is 0.236. The van der Waals surface area contributed by atoms with Gasteiger partial charge in [0.15, 0.2) is 6.79 Å². The van der Waals surface area contributed by atoms with Gasteiger partial charge in [-0.25, -0.2) is 0 Å². The first-order chi connectivity index (χ1) is 11.1. The summed E-state index contributed by atoms with van der Waals surface area (Å²) in [4.78, 5) is 0. The molecule has 0 atom stereocenters. The van der Waals surface area contributed by atoms with E-state index >= 15 is 0 Å². The fourth-order valence-corrected chi connectivity index (χ4v) is 2.66. The van der Waals surface area contributed by atoms with Gasteiger partial charge < -0.3 is 19.5 Å². The van der Waals surface area contributed by atoms with Crippen molar-refractivity contribution in [1.82, 2.24) is 0 Å². The van der Waals surface area contributed by atoms with E-state index in [0.717, 1.165) is 29.5 Å². The number of hydrogen-bond acceptors (Lipinski definition) is 4. The highest BCUT2D eigenvalue weighted by molar-refractivity contribution is 6.58. The molecular formula is C17H22BO4Si. The monoisotopic (exact) mass is 329 g/mol. The van der Waals surface area contributed by atoms with Crippen molar-refractivity contribution in [3.63, 3.8) is 0 Å². The summed E-state index contributed by atoms with van der Waals surface area (Å²) in [6, 6.07) is 15.9. The maximum absolute atomic E-state index is 9.16. The molecule has 4 nitrogen and oxygen atoms in total. The van der Waals surface area contributed by atoms with E-state index < -0.39 is 7.12 Å².